The molecule has 2 aromatic carbocycles. The zero-order valence-electron chi connectivity index (χ0n) is 13.0. The van der Waals surface area contributed by atoms with E-state index in [1.54, 1.807) is 30.3 Å². The number of hydrogen-bond acceptors (Lipinski definition) is 6. The molecule has 0 bridgehead atoms. The molecule has 0 spiro atoms. The van der Waals surface area contributed by atoms with Crippen LogP contribution in [0.15, 0.2) is 59.6 Å². The molecule has 0 aliphatic rings. The van der Waals surface area contributed by atoms with Gasteiger partial charge in [0.1, 0.15) is 10.8 Å². The van der Waals surface area contributed by atoms with Gasteiger partial charge in [0.15, 0.2) is 0 Å². The lowest BCUT2D eigenvalue weighted by Gasteiger charge is -2.08. The Hall–Kier alpha value is -2.12. The van der Waals surface area contributed by atoms with E-state index in [4.69, 9.17) is 4.18 Å². The minimum absolute atomic E-state index is 0.0967. The molecule has 0 amide bonds. The van der Waals surface area contributed by atoms with E-state index in [0.717, 1.165) is 21.8 Å². The van der Waals surface area contributed by atoms with Crippen LogP contribution in [-0.4, -0.2) is 29.9 Å². The van der Waals surface area contributed by atoms with Gasteiger partial charge in [0.25, 0.3) is 0 Å². The monoisotopic (exact) mass is 360 g/mol. The standard InChI is InChI=1S/C17H16N2O3S2/c1-13-17(19-16-10-6-5-9-15(16)18-13)23-11-12-24(20,21)22-14-7-3-2-4-8-14/h2-10H,11-12H2,1H3. The quantitative estimate of drug-likeness (QED) is 0.495. The molecular weight excluding hydrogens is 344 g/mol. The third-order valence-electron chi connectivity index (χ3n) is 3.24. The van der Waals surface area contributed by atoms with Crippen LogP contribution in [0.3, 0.4) is 0 Å². The zero-order chi connectivity index (χ0) is 17.0. The molecule has 3 rings (SSSR count). The molecule has 0 radical (unpaired) electrons. The lowest BCUT2D eigenvalue weighted by Crippen LogP contribution is -2.15. The van der Waals surface area contributed by atoms with Crippen molar-refractivity contribution in [3.63, 3.8) is 0 Å². The van der Waals surface area contributed by atoms with Crippen molar-refractivity contribution >= 4 is 32.9 Å². The van der Waals surface area contributed by atoms with Crippen LogP contribution in [-0.2, 0) is 10.1 Å². The number of benzene rings is 2. The lowest BCUT2D eigenvalue weighted by atomic mass is 10.3. The van der Waals surface area contributed by atoms with E-state index < -0.39 is 10.1 Å². The minimum Gasteiger partial charge on any atom is -0.382 e. The van der Waals surface area contributed by atoms with Gasteiger partial charge in [-0.15, -0.1) is 11.8 Å². The summed E-state index contributed by atoms with van der Waals surface area (Å²) >= 11 is 1.37. The van der Waals surface area contributed by atoms with Crippen LogP contribution < -0.4 is 4.18 Å². The third-order valence-corrected chi connectivity index (χ3v) is 5.72. The summed E-state index contributed by atoms with van der Waals surface area (Å²) in [4.78, 5) is 9.04. The molecular formula is C17H16N2O3S2. The summed E-state index contributed by atoms with van der Waals surface area (Å²) in [5.74, 6) is 0.577. The first-order valence-corrected chi connectivity index (χ1v) is 9.93. The third kappa shape index (κ3) is 4.24. The average molecular weight is 360 g/mol. The van der Waals surface area contributed by atoms with Gasteiger partial charge >= 0.3 is 10.1 Å². The maximum atomic E-state index is 12.0. The summed E-state index contributed by atoms with van der Waals surface area (Å²) in [7, 11) is -3.63. The van der Waals surface area contributed by atoms with E-state index >= 15 is 0 Å². The second-order valence-corrected chi connectivity index (χ2v) is 7.88. The fourth-order valence-electron chi connectivity index (χ4n) is 2.11. The first-order chi connectivity index (χ1) is 11.5. The topological polar surface area (TPSA) is 69.2 Å². The van der Waals surface area contributed by atoms with Crippen molar-refractivity contribution in [2.75, 3.05) is 11.5 Å². The van der Waals surface area contributed by atoms with Crippen molar-refractivity contribution < 1.29 is 12.6 Å². The molecule has 0 saturated carbocycles. The SMILES string of the molecule is Cc1nc2ccccc2nc1SCCS(=O)(=O)Oc1ccccc1. The van der Waals surface area contributed by atoms with Crippen molar-refractivity contribution in [2.24, 2.45) is 0 Å². The van der Waals surface area contributed by atoms with Crippen LogP contribution in [0.2, 0.25) is 0 Å². The summed E-state index contributed by atoms with van der Waals surface area (Å²) in [5, 5.41) is 0.739. The maximum absolute atomic E-state index is 12.0. The summed E-state index contributed by atoms with van der Waals surface area (Å²) < 4.78 is 29.1. The van der Waals surface area contributed by atoms with Crippen LogP contribution in [0.25, 0.3) is 11.0 Å². The molecule has 0 atom stereocenters. The van der Waals surface area contributed by atoms with Gasteiger partial charge in [-0.2, -0.15) is 8.42 Å². The zero-order valence-corrected chi connectivity index (χ0v) is 14.7. The van der Waals surface area contributed by atoms with Crippen molar-refractivity contribution in [2.45, 2.75) is 11.9 Å². The van der Waals surface area contributed by atoms with Crippen LogP contribution in [0.1, 0.15) is 5.69 Å². The first kappa shape index (κ1) is 16.7. The van der Waals surface area contributed by atoms with Gasteiger partial charge < -0.3 is 4.18 Å². The fourth-order valence-corrected chi connectivity index (χ4v) is 4.36. The number of fused-ring (bicyclic) bond motifs is 1. The van der Waals surface area contributed by atoms with Crippen LogP contribution >= 0.6 is 11.8 Å². The Bertz CT molecular complexity index is 944. The van der Waals surface area contributed by atoms with Crippen LogP contribution in [0, 0.1) is 6.92 Å². The number of thioether (sulfide) groups is 1. The number of hydrogen-bond donors (Lipinski definition) is 0. The van der Waals surface area contributed by atoms with Gasteiger partial charge in [-0.05, 0) is 31.2 Å². The molecule has 0 unspecified atom stereocenters. The minimum atomic E-state index is -3.63. The molecule has 0 N–H and O–H groups in total. The summed E-state index contributed by atoms with van der Waals surface area (Å²) in [6.07, 6.45) is 0. The molecule has 7 heteroatoms. The fraction of sp³-hybridized carbons (Fsp3) is 0.176. The summed E-state index contributed by atoms with van der Waals surface area (Å²) in [6.45, 7) is 1.87. The second kappa shape index (κ2) is 7.19. The van der Waals surface area contributed by atoms with Gasteiger partial charge in [-0.3, -0.25) is 0 Å². The molecule has 1 aromatic heterocycles. The molecule has 0 aliphatic carbocycles. The number of rotatable bonds is 6. The average Bonchev–Trinajstić information content (AvgIpc) is 2.55. The Labute approximate surface area is 145 Å². The van der Waals surface area contributed by atoms with E-state index in [1.165, 1.54) is 11.8 Å². The first-order valence-electron chi connectivity index (χ1n) is 7.37. The van der Waals surface area contributed by atoms with E-state index in [0.29, 0.717) is 11.5 Å². The lowest BCUT2D eigenvalue weighted by molar-refractivity contribution is 0.488. The highest BCUT2D eigenvalue weighted by molar-refractivity contribution is 8.00. The predicted molar refractivity (Wildman–Crippen MR) is 95.9 cm³/mol. The molecule has 3 aromatic rings. The molecule has 1 heterocycles. The molecule has 124 valence electrons. The van der Waals surface area contributed by atoms with E-state index in [9.17, 15) is 8.42 Å². The Morgan fingerprint density at radius 1 is 0.958 bits per heavy atom. The van der Waals surface area contributed by atoms with Crippen LogP contribution in [0.5, 0.6) is 5.75 Å². The summed E-state index contributed by atoms with van der Waals surface area (Å²) in [5.41, 5.74) is 2.42. The Morgan fingerprint density at radius 2 is 1.58 bits per heavy atom. The van der Waals surface area contributed by atoms with Crippen molar-refractivity contribution in [1.29, 1.82) is 0 Å². The highest BCUT2D eigenvalue weighted by Crippen LogP contribution is 2.22. The van der Waals surface area contributed by atoms with Crippen molar-refractivity contribution in [3.8, 4) is 5.75 Å². The molecule has 0 saturated heterocycles. The number of aromatic nitrogens is 2. The van der Waals surface area contributed by atoms with Crippen molar-refractivity contribution in [3.05, 3.63) is 60.3 Å². The van der Waals surface area contributed by atoms with E-state index in [1.807, 2.05) is 31.2 Å². The summed E-state index contributed by atoms with van der Waals surface area (Å²) in [6, 6.07) is 16.1. The molecule has 5 nitrogen and oxygen atoms in total. The van der Waals surface area contributed by atoms with Gasteiger partial charge in [0.05, 0.1) is 22.5 Å². The Balaban J connectivity index is 1.64. The number of aryl methyl sites for hydroxylation is 1. The highest BCUT2D eigenvalue weighted by Gasteiger charge is 2.14. The molecule has 0 fully saturated rings. The Morgan fingerprint density at radius 3 is 2.29 bits per heavy atom. The van der Waals surface area contributed by atoms with E-state index in [2.05, 4.69) is 9.97 Å². The van der Waals surface area contributed by atoms with Crippen LogP contribution in [0.4, 0.5) is 0 Å². The van der Waals surface area contributed by atoms with Crippen molar-refractivity contribution in [1.82, 2.24) is 9.97 Å². The largest absolute Gasteiger partial charge is 0.382 e. The van der Waals surface area contributed by atoms with Gasteiger partial charge in [0.2, 0.25) is 0 Å². The smallest absolute Gasteiger partial charge is 0.310 e. The predicted octanol–water partition coefficient (Wildman–Crippen LogP) is 3.44. The Kier molecular flexibility index (Phi) is 5.01. The second-order valence-electron chi connectivity index (χ2n) is 5.11. The number of para-hydroxylation sites is 3. The molecule has 0 aliphatic heterocycles. The highest BCUT2D eigenvalue weighted by atomic mass is 32.2. The maximum Gasteiger partial charge on any atom is 0.310 e. The van der Waals surface area contributed by atoms with Gasteiger partial charge in [0, 0.05) is 5.75 Å². The van der Waals surface area contributed by atoms with Gasteiger partial charge in [-0.1, -0.05) is 30.3 Å². The number of nitrogens with zero attached hydrogens (tertiary/aromatic N) is 2. The normalized spacial score (nSPS) is 11.5. The molecule has 24 heavy (non-hydrogen) atoms. The van der Waals surface area contributed by atoms with Gasteiger partial charge in [-0.25, -0.2) is 9.97 Å². The van der Waals surface area contributed by atoms with E-state index in [-0.39, 0.29) is 5.75 Å².